The maximum Gasteiger partial charge on any atom is 0.133 e. The maximum absolute atomic E-state index is 13.8. The van der Waals surface area contributed by atoms with Crippen LogP contribution in [0, 0.1) is 5.92 Å². The first-order valence-electron chi connectivity index (χ1n) is 8.12. The molecule has 0 heterocycles. The van der Waals surface area contributed by atoms with Crippen LogP contribution in [0.4, 0.5) is 4.39 Å². The fraction of sp³-hybridized carbons (Fsp3) is 0.526. The summed E-state index contributed by atoms with van der Waals surface area (Å²) in [5.74, 6) is 0.600. The molecule has 2 heteroatoms. The van der Waals surface area contributed by atoms with Crippen LogP contribution in [0.5, 0.6) is 0 Å². The second-order valence-corrected chi connectivity index (χ2v) is 6.03. The Labute approximate surface area is 127 Å². The number of ketones is 1. The average Bonchev–Trinajstić information content (AvgIpc) is 2.51. The first-order valence-corrected chi connectivity index (χ1v) is 8.12. The lowest BCUT2D eigenvalue weighted by molar-refractivity contribution is -0.121. The number of hydrogen-bond donors (Lipinski definition) is 0. The van der Waals surface area contributed by atoms with Crippen molar-refractivity contribution in [2.75, 3.05) is 0 Å². The van der Waals surface area contributed by atoms with Crippen molar-refractivity contribution in [3.05, 3.63) is 48.0 Å². The van der Waals surface area contributed by atoms with Gasteiger partial charge < -0.3 is 0 Å². The van der Waals surface area contributed by atoms with E-state index < -0.39 is 6.17 Å². The van der Waals surface area contributed by atoms with Crippen molar-refractivity contribution >= 4 is 5.78 Å². The molecule has 1 saturated carbocycles. The number of alkyl halides is 1. The number of Topliss-reactive ketones (excluding diaryl/α,β-unsaturated/α-hetero) is 1. The zero-order valence-corrected chi connectivity index (χ0v) is 12.6. The predicted molar refractivity (Wildman–Crippen MR) is 85.0 cm³/mol. The molecule has 114 valence electrons. The van der Waals surface area contributed by atoms with E-state index >= 15 is 0 Å². The molecule has 2 rings (SSSR count). The van der Waals surface area contributed by atoms with Crippen molar-refractivity contribution in [2.45, 2.75) is 57.5 Å². The van der Waals surface area contributed by atoms with Crippen LogP contribution in [0.15, 0.2) is 42.5 Å². The SMILES string of the molecule is O=C1CCC[C@H](/C=C/[C@H](F)CCCCc2ccccc2)C1. The summed E-state index contributed by atoms with van der Waals surface area (Å²) in [5, 5.41) is 0. The van der Waals surface area contributed by atoms with Gasteiger partial charge in [-0.2, -0.15) is 0 Å². The van der Waals surface area contributed by atoms with Gasteiger partial charge in [-0.05, 0) is 50.0 Å². The van der Waals surface area contributed by atoms with Crippen LogP contribution in [-0.4, -0.2) is 12.0 Å². The zero-order chi connectivity index (χ0) is 14.9. The molecule has 0 unspecified atom stereocenters. The van der Waals surface area contributed by atoms with Crippen LogP contribution in [0.25, 0.3) is 0 Å². The van der Waals surface area contributed by atoms with E-state index in [1.807, 2.05) is 24.3 Å². The van der Waals surface area contributed by atoms with Crippen molar-refractivity contribution in [2.24, 2.45) is 5.92 Å². The summed E-state index contributed by atoms with van der Waals surface area (Å²) in [6.07, 6.45) is 9.59. The Balaban J connectivity index is 1.61. The number of allylic oxidation sites excluding steroid dienone is 2. The molecule has 1 aromatic rings. The minimum atomic E-state index is -0.863. The number of halogens is 1. The highest BCUT2D eigenvalue weighted by Gasteiger charge is 2.17. The van der Waals surface area contributed by atoms with E-state index in [4.69, 9.17) is 0 Å². The second-order valence-electron chi connectivity index (χ2n) is 6.03. The van der Waals surface area contributed by atoms with Gasteiger partial charge in [0, 0.05) is 12.8 Å². The monoisotopic (exact) mass is 288 g/mol. The van der Waals surface area contributed by atoms with E-state index in [0.29, 0.717) is 25.0 Å². The van der Waals surface area contributed by atoms with E-state index in [-0.39, 0.29) is 5.92 Å². The van der Waals surface area contributed by atoms with Gasteiger partial charge in [-0.3, -0.25) is 4.79 Å². The van der Waals surface area contributed by atoms with E-state index in [0.717, 1.165) is 32.1 Å². The minimum Gasteiger partial charge on any atom is -0.300 e. The number of rotatable bonds is 7. The molecule has 0 radical (unpaired) electrons. The molecule has 1 aromatic carbocycles. The lowest BCUT2D eigenvalue weighted by Gasteiger charge is -2.17. The van der Waals surface area contributed by atoms with Crippen molar-refractivity contribution in [3.63, 3.8) is 0 Å². The Hall–Kier alpha value is -1.44. The van der Waals surface area contributed by atoms with E-state index in [9.17, 15) is 9.18 Å². The smallest absolute Gasteiger partial charge is 0.133 e. The Morgan fingerprint density at radius 2 is 2.05 bits per heavy atom. The molecule has 0 aromatic heterocycles. The third kappa shape index (κ3) is 6.24. The van der Waals surface area contributed by atoms with Gasteiger partial charge in [-0.25, -0.2) is 4.39 Å². The predicted octanol–water partition coefficient (Wildman–Crippen LogP) is 5.05. The fourth-order valence-electron chi connectivity index (χ4n) is 2.91. The van der Waals surface area contributed by atoms with Crippen LogP contribution in [0.3, 0.4) is 0 Å². The lowest BCUT2D eigenvalue weighted by Crippen LogP contribution is -2.13. The van der Waals surface area contributed by atoms with Crippen molar-refractivity contribution in [1.82, 2.24) is 0 Å². The summed E-state index contributed by atoms with van der Waals surface area (Å²) >= 11 is 0. The summed E-state index contributed by atoms with van der Waals surface area (Å²) in [6, 6.07) is 10.3. The van der Waals surface area contributed by atoms with E-state index in [1.165, 1.54) is 5.56 Å². The van der Waals surface area contributed by atoms with Gasteiger partial charge in [-0.15, -0.1) is 0 Å². The number of hydrogen-bond acceptors (Lipinski definition) is 1. The van der Waals surface area contributed by atoms with Crippen LogP contribution in [0.2, 0.25) is 0 Å². The van der Waals surface area contributed by atoms with Crippen molar-refractivity contribution in [1.29, 1.82) is 0 Å². The molecular weight excluding hydrogens is 263 g/mol. The van der Waals surface area contributed by atoms with Gasteiger partial charge in [0.15, 0.2) is 0 Å². The fourth-order valence-corrected chi connectivity index (χ4v) is 2.91. The summed E-state index contributed by atoms with van der Waals surface area (Å²) in [5.41, 5.74) is 1.32. The Bertz CT molecular complexity index is 452. The van der Waals surface area contributed by atoms with Gasteiger partial charge >= 0.3 is 0 Å². The minimum absolute atomic E-state index is 0.272. The van der Waals surface area contributed by atoms with Crippen LogP contribution >= 0.6 is 0 Å². The third-order valence-corrected chi connectivity index (χ3v) is 4.15. The quantitative estimate of drug-likeness (QED) is 0.506. The molecule has 1 aliphatic rings. The van der Waals surface area contributed by atoms with Gasteiger partial charge in [0.05, 0.1) is 0 Å². The molecule has 1 aliphatic carbocycles. The molecule has 0 spiro atoms. The molecule has 0 N–H and O–H groups in total. The zero-order valence-electron chi connectivity index (χ0n) is 12.6. The highest BCUT2D eigenvalue weighted by molar-refractivity contribution is 5.79. The Kier molecular flexibility index (Phi) is 6.65. The number of benzene rings is 1. The molecule has 2 atom stereocenters. The molecule has 1 nitrogen and oxygen atoms in total. The maximum atomic E-state index is 13.8. The average molecular weight is 288 g/mol. The van der Waals surface area contributed by atoms with Crippen LogP contribution in [0.1, 0.15) is 50.5 Å². The van der Waals surface area contributed by atoms with Crippen LogP contribution < -0.4 is 0 Å². The summed E-state index contributed by atoms with van der Waals surface area (Å²) in [7, 11) is 0. The van der Waals surface area contributed by atoms with Crippen molar-refractivity contribution < 1.29 is 9.18 Å². The molecular formula is C19H25FO. The molecule has 0 aliphatic heterocycles. The molecule has 0 bridgehead atoms. The van der Waals surface area contributed by atoms with E-state index in [2.05, 4.69) is 12.1 Å². The number of unbranched alkanes of at least 4 members (excludes halogenated alkanes) is 1. The normalized spacial score (nSPS) is 20.8. The Morgan fingerprint density at radius 3 is 2.81 bits per heavy atom. The van der Waals surface area contributed by atoms with Crippen molar-refractivity contribution in [3.8, 4) is 0 Å². The summed E-state index contributed by atoms with van der Waals surface area (Å²) < 4.78 is 13.8. The first kappa shape index (κ1) is 15.9. The highest BCUT2D eigenvalue weighted by atomic mass is 19.1. The van der Waals surface area contributed by atoms with Gasteiger partial charge in [0.1, 0.15) is 12.0 Å². The molecule has 0 saturated heterocycles. The number of carbonyl (C=O) groups excluding carboxylic acids is 1. The first-order chi connectivity index (χ1) is 10.2. The molecule has 0 amide bonds. The van der Waals surface area contributed by atoms with Gasteiger partial charge in [0.2, 0.25) is 0 Å². The summed E-state index contributed by atoms with van der Waals surface area (Å²) in [4.78, 5) is 11.3. The highest BCUT2D eigenvalue weighted by Crippen LogP contribution is 2.23. The largest absolute Gasteiger partial charge is 0.300 e. The number of aryl methyl sites for hydroxylation is 1. The van der Waals surface area contributed by atoms with Crippen LogP contribution in [-0.2, 0) is 11.2 Å². The topological polar surface area (TPSA) is 17.1 Å². The number of carbonyl (C=O) groups is 1. The Morgan fingerprint density at radius 1 is 1.24 bits per heavy atom. The van der Waals surface area contributed by atoms with Gasteiger partial charge in [-0.1, -0.05) is 42.5 Å². The molecule has 1 fully saturated rings. The summed E-state index contributed by atoms with van der Waals surface area (Å²) in [6.45, 7) is 0. The molecule has 21 heavy (non-hydrogen) atoms. The van der Waals surface area contributed by atoms with E-state index in [1.54, 1.807) is 6.08 Å². The standard InChI is InChI=1S/C19H25FO/c20-18(14-13-17-10-6-12-19(21)15-17)11-5-4-9-16-7-2-1-3-8-16/h1-3,7-8,13-14,17-18H,4-6,9-12,15H2/b14-13+/t17-,18-/m1/s1. The van der Waals surface area contributed by atoms with Gasteiger partial charge in [0.25, 0.3) is 0 Å². The second kappa shape index (κ2) is 8.76. The lowest BCUT2D eigenvalue weighted by atomic mass is 9.88. The third-order valence-electron chi connectivity index (χ3n) is 4.15.